The van der Waals surface area contributed by atoms with Crippen molar-refractivity contribution in [2.24, 2.45) is 11.7 Å². The van der Waals surface area contributed by atoms with E-state index in [2.05, 4.69) is 16.0 Å². The van der Waals surface area contributed by atoms with Crippen molar-refractivity contribution in [3.05, 3.63) is 0 Å². The predicted octanol–water partition coefficient (Wildman–Crippen LogP) is -2.50. The first kappa shape index (κ1) is 17.5. The van der Waals surface area contributed by atoms with Gasteiger partial charge in [0.15, 0.2) is 5.78 Å². The van der Waals surface area contributed by atoms with Crippen LogP contribution >= 0.6 is 0 Å². The number of aliphatic hydroxyl groups is 1. The summed E-state index contributed by atoms with van der Waals surface area (Å²) in [5.74, 6) is -1.37. The lowest BCUT2D eigenvalue weighted by atomic mass is 9.98. The molecule has 120 valence electrons. The van der Waals surface area contributed by atoms with Crippen LogP contribution in [0.5, 0.6) is 0 Å². The van der Waals surface area contributed by atoms with Crippen molar-refractivity contribution in [3.63, 3.8) is 0 Å². The van der Waals surface area contributed by atoms with Gasteiger partial charge in [0, 0.05) is 13.1 Å². The number of piperidine rings is 1. The van der Waals surface area contributed by atoms with E-state index in [4.69, 9.17) is 5.73 Å². The second-order valence-electron chi connectivity index (χ2n) is 5.19. The van der Waals surface area contributed by atoms with Crippen LogP contribution in [0.3, 0.4) is 0 Å². The first-order chi connectivity index (χ1) is 9.99. The van der Waals surface area contributed by atoms with E-state index < -0.39 is 24.6 Å². The molecule has 0 aromatic rings. The number of carbonyl (C=O) groups is 3. The highest BCUT2D eigenvalue weighted by atomic mass is 16.3. The van der Waals surface area contributed by atoms with E-state index in [9.17, 15) is 19.5 Å². The van der Waals surface area contributed by atoms with E-state index >= 15 is 0 Å². The van der Waals surface area contributed by atoms with Crippen molar-refractivity contribution >= 4 is 17.6 Å². The highest BCUT2D eigenvalue weighted by molar-refractivity contribution is 5.92. The fraction of sp³-hybridized carbons (Fsp3) is 0.769. The summed E-state index contributed by atoms with van der Waals surface area (Å²) < 4.78 is 0. The quantitative estimate of drug-likeness (QED) is 0.353. The fourth-order valence-corrected chi connectivity index (χ4v) is 2.16. The molecule has 1 fully saturated rings. The molecule has 1 aliphatic rings. The Balaban J connectivity index is 2.54. The molecule has 8 heteroatoms. The highest BCUT2D eigenvalue weighted by Crippen LogP contribution is 2.10. The molecule has 6 N–H and O–H groups in total. The number of ketones is 1. The van der Waals surface area contributed by atoms with Crippen molar-refractivity contribution in [1.82, 2.24) is 16.0 Å². The van der Waals surface area contributed by atoms with E-state index in [1.807, 2.05) is 0 Å². The topological polar surface area (TPSA) is 134 Å². The number of hydrogen-bond acceptors (Lipinski definition) is 6. The summed E-state index contributed by atoms with van der Waals surface area (Å²) in [5.41, 5.74) is 5.39. The Morgan fingerprint density at radius 3 is 2.52 bits per heavy atom. The third kappa shape index (κ3) is 5.41. The lowest BCUT2D eigenvalue weighted by molar-refractivity contribution is -0.133. The van der Waals surface area contributed by atoms with Gasteiger partial charge in [-0.15, -0.1) is 0 Å². The second kappa shape index (κ2) is 8.71. The summed E-state index contributed by atoms with van der Waals surface area (Å²) in [5, 5.41) is 17.3. The molecular formula is C13H24N4O4. The van der Waals surface area contributed by atoms with Gasteiger partial charge in [-0.25, -0.2) is 0 Å². The largest absolute Gasteiger partial charge is 0.394 e. The Morgan fingerprint density at radius 2 is 2.05 bits per heavy atom. The molecule has 0 spiro atoms. The predicted molar refractivity (Wildman–Crippen MR) is 76.3 cm³/mol. The van der Waals surface area contributed by atoms with E-state index in [0.717, 1.165) is 19.4 Å². The van der Waals surface area contributed by atoms with Gasteiger partial charge in [0.2, 0.25) is 11.8 Å². The van der Waals surface area contributed by atoms with Crippen LogP contribution in [0.25, 0.3) is 0 Å². The molecule has 0 aliphatic carbocycles. The summed E-state index contributed by atoms with van der Waals surface area (Å²) in [6.45, 7) is 2.19. The van der Waals surface area contributed by atoms with Crippen LogP contribution in [0.15, 0.2) is 0 Å². The van der Waals surface area contributed by atoms with Crippen LogP contribution in [-0.4, -0.2) is 61.0 Å². The standard InChI is InChI=1S/C13H24N4O4/c1-8(19)10(5-14)16-13(21)11(7-18)17-12(20)9-3-2-4-15-6-9/h9-11,15,18H,2-7,14H2,1H3,(H,16,21)(H,17,20)/t9-,10-,11-/m0/s1. The van der Waals surface area contributed by atoms with Crippen LogP contribution in [-0.2, 0) is 14.4 Å². The molecule has 0 bridgehead atoms. The zero-order valence-electron chi connectivity index (χ0n) is 12.2. The lowest BCUT2D eigenvalue weighted by Gasteiger charge is -2.25. The maximum absolute atomic E-state index is 12.0. The first-order valence-corrected chi connectivity index (χ1v) is 7.12. The Labute approximate surface area is 123 Å². The van der Waals surface area contributed by atoms with E-state index in [0.29, 0.717) is 6.54 Å². The number of carbonyl (C=O) groups excluding carboxylic acids is 3. The lowest BCUT2D eigenvalue weighted by Crippen LogP contribution is -2.56. The van der Waals surface area contributed by atoms with Crippen molar-refractivity contribution in [1.29, 1.82) is 0 Å². The molecule has 0 aromatic heterocycles. The Kier molecular flexibility index (Phi) is 7.27. The van der Waals surface area contributed by atoms with Gasteiger partial charge in [-0.1, -0.05) is 0 Å². The third-order valence-corrected chi connectivity index (χ3v) is 3.53. The minimum atomic E-state index is -1.08. The Morgan fingerprint density at radius 1 is 1.33 bits per heavy atom. The number of rotatable bonds is 7. The molecule has 0 unspecified atom stereocenters. The fourth-order valence-electron chi connectivity index (χ4n) is 2.16. The van der Waals surface area contributed by atoms with Gasteiger partial charge < -0.3 is 26.8 Å². The first-order valence-electron chi connectivity index (χ1n) is 7.12. The molecule has 8 nitrogen and oxygen atoms in total. The molecule has 0 aromatic carbocycles. The van der Waals surface area contributed by atoms with E-state index in [-0.39, 0.29) is 24.2 Å². The van der Waals surface area contributed by atoms with E-state index in [1.54, 1.807) is 0 Å². The van der Waals surface area contributed by atoms with Crippen molar-refractivity contribution in [3.8, 4) is 0 Å². The zero-order valence-corrected chi connectivity index (χ0v) is 12.2. The molecule has 1 saturated heterocycles. The number of aliphatic hydroxyl groups excluding tert-OH is 1. The molecule has 0 radical (unpaired) electrons. The van der Waals surface area contributed by atoms with Crippen LogP contribution in [0.4, 0.5) is 0 Å². The maximum atomic E-state index is 12.0. The summed E-state index contributed by atoms with van der Waals surface area (Å²) in [6.07, 6.45) is 1.64. The average molecular weight is 300 g/mol. The SMILES string of the molecule is CC(=O)[C@H](CN)NC(=O)[C@H](CO)NC(=O)[C@H]1CCCNC1. The molecule has 3 atom stereocenters. The number of nitrogens with two attached hydrogens (primary N) is 1. The minimum Gasteiger partial charge on any atom is -0.394 e. The maximum Gasteiger partial charge on any atom is 0.245 e. The highest BCUT2D eigenvalue weighted by Gasteiger charge is 2.27. The molecule has 2 amide bonds. The van der Waals surface area contributed by atoms with Gasteiger partial charge in [-0.2, -0.15) is 0 Å². The smallest absolute Gasteiger partial charge is 0.245 e. The van der Waals surface area contributed by atoms with Gasteiger partial charge in [0.25, 0.3) is 0 Å². The molecule has 0 saturated carbocycles. The van der Waals surface area contributed by atoms with Gasteiger partial charge >= 0.3 is 0 Å². The monoisotopic (exact) mass is 300 g/mol. The summed E-state index contributed by atoms with van der Waals surface area (Å²) >= 11 is 0. The second-order valence-corrected chi connectivity index (χ2v) is 5.19. The van der Waals surface area contributed by atoms with Crippen LogP contribution in [0.1, 0.15) is 19.8 Å². The summed E-state index contributed by atoms with van der Waals surface area (Å²) in [6, 6.07) is -1.88. The van der Waals surface area contributed by atoms with Gasteiger partial charge in [-0.3, -0.25) is 14.4 Å². The van der Waals surface area contributed by atoms with Gasteiger partial charge in [0.05, 0.1) is 18.6 Å². The van der Waals surface area contributed by atoms with Crippen LogP contribution in [0, 0.1) is 5.92 Å². The number of hydrogen-bond donors (Lipinski definition) is 5. The Bertz CT molecular complexity index is 382. The minimum absolute atomic E-state index is 0.0281. The molecular weight excluding hydrogens is 276 g/mol. The molecule has 21 heavy (non-hydrogen) atoms. The Hall–Kier alpha value is -1.51. The van der Waals surface area contributed by atoms with Crippen molar-refractivity contribution in [2.45, 2.75) is 31.8 Å². The van der Waals surface area contributed by atoms with Gasteiger partial charge in [0.1, 0.15) is 6.04 Å². The van der Waals surface area contributed by atoms with Crippen LogP contribution < -0.4 is 21.7 Å². The molecule has 1 aliphatic heterocycles. The van der Waals surface area contributed by atoms with E-state index in [1.165, 1.54) is 6.92 Å². The van der Waals surface area contributed by atoms with Crippen molar-refractivity contribution in [2.75, 3.05) is 26.2 Å². The van der Waals surface area contributed by atoms with Crippen LogP contribution in [0.2, 0.25) is 0 Å². The molecule has 1 heterocycles. The zero-order chi connectivity index (χ0) is 15.8. The third-order valence-electron chi connectivity index (χ3n) is 3.53. The summed E-state index contributed by atoms with van der Waals surface area (Å²) in [7, 11) is 0. The average Bonchev–Trinajstić information content (AvgIpc) is 2.50. The van der Waals surface area contributed by atoms with Gasteiger partial charge in [-0.05, 0) is 26.3 Å². The molecule has 1 rings (SSSR count). The normalized spacial score (nSPS) is 21.2. The number of amides is 2. The number of Topliss-reactive ketones (excluding diaryl/α,β-unsaturated/α-hetero) is 1. The number of nitrogens with one attached hydrogen (secondary N) is 3. The summed E-state index contributed by atoms with van der Waals surface area (Å²) in [4.78, 5) is 35.2. The van der Waals surface area contributed by atoms with Crippen molar-refractivity contribution < 1.29 is 19.5 Å².